The van der Waals surface area contributed by atoms with Crippen LogP contribution in [-0.4, -0.2) is 14.5 Å². The Kier molecular flexibility index (Phi) is 4.90. The Hall–Kier alpha value is -1.53. The molecule has 0 aliphatic carbocycles. The molecule has 2 aromatic carbocycles. The van der Waals surface area contributed by atoms with Crippen LogP contribution in [0, 0.1) is 0 Å². The summed E-state index contributed by atoms with van der Waals surface area (Å²) in [7, 11) is -3.62. The van der Waals surface area contributed by atoms with Crippen LogP contribution < -0.4 is 9.46 Å². The molecule has 2 rings (SSSR count). The molecule has 0 spiro atoms. The number of rotatable bonds is 5. The van der Waals surface area contributed by atoms with E-state index >= 15 is 0 Å². The van der Waals surface area contributed by atoms with E-state index in [-0.39, 0.29) is 11.0 Å². The first-order valence-electron chi connectivity index (χ1n) is 6.42. The van der Waals surface area contributed by atoms with E-state index in [1.165, 1.54) is 0 Å². The molecule has 0 amide bonds. The third-order valence-corrected chi connectivity index (χ3v) is 5.00. The molecule has 0 bridgehead atoms. The van der Waals surface area contributed by atoms with Gasteiger partial charge in [0.15, 0.2) is 0 Å². The SMILES string of the molecule is CC(C)Oc1ccc(NS(=O)(=O)c2ccccc2Br)cc1. The normalized spacial score (nSPS) is 11.4. The van der Waals surface area contributed by atoms with Crippen LogP contribution in [-0.2, 0) is 10.0 Å². The lowest BCUT2D eigenvalue weighted by molar-refractivity contribution is 0.242. The second kappa shape index (κ2) is 6.49. The molecule has 0 aliphatic rings. The zero-order chi connectivity index (χ0) is 15.5. The summed E-state index contributed by atoms with van der Waals surface area (Å²) in [6.07, 6.45) is 0.0767. The van der Waals surface area contributed by atoms with Gasteiger partial charge in [0.1, 0.15) is 10.6 Å². The predicted molar refractivity (Wildman–Crippen MR) is 87.2 cm³/mol. The van der Waals surface area contributed by atoms with Gasteiger partial charge in [0.2, 0.25) is 0 Å². The molecule has 0 saturated carbocycles. The maximum Gasteiger partial charge on any atom is 0.263 e. The molecule has 21 heavy (non-hydrogen) atoms. The zero-order valence-electron chi connectivity index (χ0n) is 11.7. The summed E-state index contributed by atoms with van der Waals surface area (Å²) < 4.78 is 33.2. The number of halogens is 1. The van der Waals surface area contributed by atoms with Crippen LogP contribution in [0.4, 0.5) is 5.69 Å². The minimum absolute atomic E-state index is 0.0767. The van der Waals surface area contributed by atoms with Gasteiger partial charge in [0.05, 0.1) is 6.10 Å². The second-order valence-corrected chi connectivity index (χ2v) is 7.23. The smallest absolute Gasteiger partial charge is 0.263 e. The minimum atomic E-state index is -3.62. The van der Waals surface area contributed by atoms with Crippen molar-refractivity contribution in [2.45, 2.75) is 24.8 Å². The number of sulfonamides is 1. The van der Waals surface area contributed by atoms with Gasteiger partial charge < -0.3 is 4.74 Å². The van der Waals surface area contributed by atoms with Gasteiger partial charge in [-0.3, -0.25) is 4.72 Å². The van der Waals surface area contributed by atoms with E-state index in [9.17, 15) is 8.42 Å². The summed E-state index contributed by atoms with van der Waals surface area (Å²) in [5.74, 6) is 0.703. The topological polar surface area (TPSA) is 55.4 Å². The summed E-state index contributed by atoms with van der Waals surface area (Å²) in [4.78, 5) is 0.201. The van der Waals surface area contributed by atoms with Crippen LogP contribution in [0.1, 0.15) is 13.8 Å². The van der Waals surface area contributed by atoms with Crippen LogP contribution in [0.3, 0.4) is 0 Å². The van der Waals surface area contributed by atoms with E-state index in [1.54, 1.807) is 48.5 Å². The highest BCUT2D eigenvalue weighted by Crippen LogP contribution is 2.24. The van der Waals surface area contributed by atoms with Crippen molar-refractivity contribution >= 4 is 31.6 Å². The van der Waals surface area contributed by atoms with Crippen molar-refractivity contribution in [2.24, 2.45) is 0 Å². The largest absolute Gasteiger partial charge is 0.491 e. The predicted octanol–water partition coefficient (Wildman–Crippen LogP) is 4.04. The maximum atomic E-state index is 12.3. The number of nitrogens with one attached hydrogen (secondary N) is 1. The van der Waals surface area contributed by atoms with E-state index in [1.807, 2.05) is 13.8 Å². The minimum Gasteiger partial charge on any atom is -0.491 e. The number of benzene rings is 2. The molecule has 0 aromatic heterocycles. The van der Waals surface area contributed by atoms with Crippen molar-refractivity contribution < 1.29 is 13.2 Å². The molecule has 2 aromatic rings. The van der Waals surface area contributed by atoms with E-state index < -0.39 is 10.0 Å². The second-order valence-electron chi connectivity index (χ2n) is 4.73. The summed E-state index contributed by atoms with van der Waals surface area (Å²) in [5.41, 5.74) is 0.488. The molecule has 1 N–H and O–H groups in total. The fourth-order valence-corrected chi connectivity index (χ4v) is 3.81. The van der Waals surface area contributed by atoms with Crippen molar-refractivity contribution in [1.29, 1.82) is 0 Å². The van der Waals surface area contributed by atoms with Crippen molar-refractivity contribution in [3.63, 3.8) is 0 Å². The first-order valence-corrected chi connectivity index (χ1v) is 8.70. The van der Waals surface area contributed by atoms with Gasteiger partial charge in [0.25, 0.3) is 10.0 Å². The lowest BCUT2D eigenvalue weighted by Gasteiger charge is -2.12. The monoisotopic (exact) mass is 369 g/mol. The van der Waals surface area contributed by atoms with Crippen molar-refractivity contribution in [1.82, 2.24) is 0 Å². The quantitative estimate of drug-likeness (QED) is 0.864. The fourth-order valence-electron chi connectivity index (χ4n) is 1.75. The Labute approximate surface area is 133 Å². The Morgan fingerprint density at radius 3 is 2.24 bits per heavy atom. The highest BCUT2D eigenvalue weighted by molar-refractivity contribution is 9.10. The number of hydrogen-bond donors (Lipinski definition) is 1. The molecule has 112 valence electrons. The van der Waals surface area contributed by atoms with Gasteiger partial charge in [-0.1, -0.05) is 12.1 Å². The lowest BCUT2D eigenvalue weighted by atomic mass is 10.3. The molecule has 0 unspecified atom stereocenters. The van der Waals surface area contributed by atoms with Gasteiger partial charge >= 0.3 is 0 Å². The summed E-state index contributed by atoms with van der Waals surface area (Å²) in [6, 6.07) is 13.5. The molecule has 4 nitrogen and oxygen atoms in total. The summed E-state index contributed by atoms with van der Waals surface area (Å²) >= 11 is 3.25. The zero-order valence-corrected chi connectivity index (χ0v) is 14.1. The van der Waals surface area contributed by atoms with Gasteiger partial charge in [-0.15, -0.1) is 0 Å². The van der Waals surface area contributed by atoms with Gasteiger partial charge in [0, 0.05) is 10.2 Å². The van der Waals surface area contributed by atoms with Crippen LogP contribution in [0.2, 0.25) is 0 Å². The molecular weight excluding hydrogens is 354 g/mol. The molecule has 0 radical (unpaired) electrons. The molecule has 0 aliphatic heterocycles. The average Bonchev–Trinajstić information content (AvgIpc) is 2.40. The number of hydrogen-bond acceptors (Lipinski definition) is 3. The van der Waals surface area contributed by atoms with Crippen LogP contribution in [0.25, 0.3) is 0 Å². The molecule has 0 fully saturated rings. The lowest BCUT2D eigenvalue weighted by Crippen LogP contribution is -2.13. The van der Waals surface area contributed by atoms with Crippen LogP contribution in [0.15, 0.2) is 57.9 Å². The standard InChI is InChI=1S/C15H16BrNO3S/c1-11(2)20-13-9-7-12(8-10-13)17-21(18,19)15-6-4-3-5-14(15)16/h3-11,17H,1-2H3. The van der Waals surface area contributed by atoms with Gasteiger partial charge in [-0.05, 0) is 66.2 Å². The molecule has 6 heteroatoms. The van der Waals surface area contributed by atoms with E-state index in [4.69, 9.17) is 4.74 Å². The van der Waals surface area contributed by atoms with Crippen molar-refractivity contribution in [3.8, 4) is 5.75 Å². The van der Waals surface area contributed by atoms with Crippen molar-refractivity contribution in [2.75, 3.05) is 4.72 Å². The highest BCUT2D eigenvalue weighted by atomic mass is 79.9. The Bertz CT molecular complexity index is 712. The fraction of sp³-hybridized carbons (Fsp3) is 0.200. The first-order chi connectivity index (χ1) is 9.88. The van der Waals surface area contributed by atoms with E-state index in [2.05, 4.69) is 20.7 Å². The highest BCUT2D eigenvalue weighted by Gasteiger charge is 2.17. The van der Waals surface area contributed by atoms with E-state index in [0.717, 1.165) is 0 Å². The molecule has 0 heterocycles. The Morgan fingerprint density at radius 1 is 1.05 bits per heavy atom. The Morgan fingerprint density at radius 2 is 1.67 bits per heavy atom. The average molecular weight is 370 g/mol. The number of anilines is 1. The molecule has 0 atom stereocenters. The van der Waals surface area contributed by atoms with E-state index in [0.29, 0.717) is 15.9 Å². The Balaban J connectivity index is 2.19. The number of ether oxygens (including phenoxy) is 1. The first kappa shape index (κ1) is 15.9. The van der Waals surface area contributed by atoms with Gasteiger partial charge in [-0.25, -0.2) is 8.42 Å². The summed E-state index contributed by atoms with van der Waals surface area (Å²) in [6.45, 7) is 3.87. The van der Waals surface area contributed by atoms with Crippen molar-refractivity contribution in [3.05, 3.63) is 53.0 Å². The molecular formula is C15H16BrNO3S. The summed E-state index contributed by atoms with van der Waals surface area (Å²) in [5, 5.41) is 0. The molecule has 0 saturated heterocycles. The van der Waals surface area contributed by atoms with Crippen LogP contribution in [0.5, 0.6) is 5.75 Å². The third-order valence-electron chi connectivity index (χ3n) is 2.60. The maximum absolute atomic E-state index is 12.3. The van der Waals surface area contributed by atoms with Crippen LogP contribution >= 0.6 is 15.9 Å². The van der Waals surface area contributed by atoms with Gasteiger partial charge in [-0.2, -0.15) is 0 Å². The third kappa shape index (κ3) is 4.22.